The molecule has 0 heterocycles. The highest BCUT2D eigenvalue weighted by atomic mass is 32.2. The fourth-order valence-electron chi connectivity index (χ4n) is 1.86. The summed E-state index contributed by atoms with van der Waals surface area (Å²) in [5.41, 5.74) is 0.604. The lowest BCUT2D eigenvalue weighted by Gasteiger charge is -2.07. The smallest absolute Gasteiger partial charge is 0.255 e. The van der Waals surface area contributed by atoms with E-state index < -0.39 is 25.6 Å². The highest BCUT2D eigenvalue weighted by Gasteiger charge is 2.12. The summed E-state index contributed by atoms with van der Waals surface area (Å²) in [5.74, 6) is -0.484. The van der Waals surface area contributed by atoms with Crippen LogP contribution in [0, 0.1) is 0 Å². The quantitative estimate of drug-likeness (QED) is 0.903. The maximum Gasteiger partial charge on any atom is 0.255 e. The number of nitrogens with one attached hydrogen (secondary N) is 1. The summed E-state index contributed by atoms with van der Waals surface area (Å²) in [6, 6.07) is 11.4. The minimum atomic E-state index is -3.40. The van der Waals surface area contributed by atoms with Gasteiger partial charge in [-0.25, -0.2) is 16.8 Å². The molecule has 0 aliphatic rings. The van der Waals surface area contributed by atoms with Crippen molar-refractivity contribution >= 4 is 31.3 Å². The first-order valence-electron chi connectivity index (χ1n) is 6.49. The molecular weight excluding hydrogens is 338 g/mol. The van der Waals surface area contributed by atoms with Gasteiger partial charge in [0.15, 0.2) is 19.7 Å². The summed E-state index contributed by atoms with van der Waals surface area (Å²) in [7, 11) is -6.70. The van der Waals surface area contributed by atoms with Crippen LogP contribution in [0.3, 0.4) is 0 Å². The van der Waals surface area contributed by atoms with Crippen molar-refractivity contribution in [3.63, 3.8) is 0 Å². The van der Waals surface area contributed by atoms with Crippen molar-refractivity contribution in [2.45, 2.75) is 9.79 Å². The van der Waals surface area contributed by atoms with Crippen LogP contribution < -0.4 is 5.32 Å². The van der Waals surface area contributed by atoms with Crippen LogP contribution in [0.1, 0.15) is 10.4 Å². The van der Waals surface area contributed by atoms with Crippen molar-refractivity contribution < 1.29 is 21.6 Å². The minimum Gasteiger partial charge on any atom is -0.322 e. The molecule has 6 nitrogen and oxygen atoms in total. The first kappa shape index (κ1) is 17.2. The number of benzene rings is 2. The van der Waals surface area contributed by atoms with Gasteiger partial charge in [0.05, 0.1) is 9.79 Å². The number of carbonyl (C=O) groups excluding carboxylic acids is 1. The largest absolute Gasteiger partial charge is 0.322 e. The lowest BCUT2D eigenvalue weighted by atomic mass is 10.2. The molecule has 23 heavy (non-hydrogen) atoms. The van der Waals surface area contributed by atoms with E-state index in [0.717, 1.165) is 12.5 Å². The Labute approximate surface area is 135 Å². The second kappa shape index (κ2) is 6.13. The number of amides is 1. The number of anilines is 1. The zero-order valence-corrected chi connectivity index (χ0v) is 14.1. The first-order valence-corrected chi connectivity index (χ1v) is 10.3. The fraction of sp³-hybridized carbons (Fsp3) is 0.133. The van der Waals surface area contributed by atoms with E-state index >= 15 is 0 Å². The van der Waals surface area contributed by atoms with Crippen LogP contribution in [0.25, 0.3) is 0 Å². The predicted molar refractivity (Wildman–Crippen MR) is 87.1 cm³/mol. The maximum absolute atomic E-state index is 12.2. The molecule has 122 valence electrons. The molecular formula is C15H15NO5S2. The molecule has 2 aromatic carbocycles. The number of sulfone groups is 2. The SMILES string of the molecule is CS(=O)(=O)c1ccc(NC(=O)c2cccc(S(C)(=O)=O)c2)cc1. The van der Waals surface area contributed by atoms with Crippen LogP contribution in [0.2, 0.25) is 0 Å². The van der Waals surface area contributed by atoms with Crippen molar-refractivity contribution in [2.75, 3.05) is 17.8 Å². The van der Waals surface area contributed by atoms with E-state index in [2.05, 4.69) is 5.32 Å². The topological polar surface area (TPSA) is 97.4 Å². The summed E-state index contributed by atoms with van der Waals surface area (Å²) in [5, 5.41) is 2.59. The van der Waals surface area contributed by atoms with E-state index in [1.54, 1.807) is 0 Å². The maximum atomic E-state index is 12.2. The van der Waals surface area contributed by atoms with E-state index in [-0.39, 0.29) is 15.4 Å². The molecule has 0 saturated carbocycles. The first-order chi connectivity index (χ1) is 10.6. The number of carbonyl (C=O) groups is 1. The fourth-order valence-corrected chi connectivity index (χ4v) is 3.15. The van der Waals surface area contributed by atoms with E-state index in [4.69, 9.17) is 0 Å². The molecule has 0 aromatic heterocycles. The van der Waals surface area contributed by atoms with Crippen molar-refractivity contribution in [1.82, 2.24) is 0 Å². The third-order valence-electron chi connectivity index (χ3n) is 3.06. The molecule has 0 fully saturated rings. The Kier molecular flexibility index (Phi) is 4.58. The van der Waals surface area contributed by atoms with Crippen LogP contribution in [0.4, 0.5) is 5.69 Å². The van der Waals surface area contributed by atoms with Gasteiger partial charge in [-0.1, -0.05) is 6.07 Å². The Hall–Kier alpha value is -2.19. The van der Waals surface area contributed by atoms with E-state index in [1.165, 1.54) is 48.5 Å². The Balaban J connectivity index is 2.23. The Bertz CT molecular complexity index is 946. The van der Waals surface area contributed by atoms with Gasteiger partial charge >= 0.3 is 0 Å². The van der Waals surface area contributed by atoms with Crippen LogP contribution in [-0.2, 0) is 19.7 Å². The third kappa shape index (κ3) is 4.40. The molecule has 1 amide bonds. The van der Waals surface area contributed by atoms with Crippen LogP contribution in [-0.4, -0.2) is 35.3 Å². The lowest BCUT2D eigenvalue weighted by molar-refractivity contribution is 0.102. The summed E-state index contributed by atoms with van der Waals surface area (Å²) in [4.78, 5) is 12.4. The average molecular weight is 353 g/mol. The third-order valence-corrected chi connectivity index (χ3v) is 5.30. The summed E-state index contributed by atoms with van der Waals surface area (Å²) < 4.78 is 45.8. The van der Waals surface area contributed by atoms with E-state index in [0.29, 0.717) is 5.69 Å². The monoisotopic (exact) mass is 353 g/mol. The van der Waals surface area contributed by atoms with Gasteiger partial charge in [0.2, 0.25) is 0 Å². The zero-order valence-electron chi connectivity index (χ0n) is 12.5. The van der Waals surface area contributed by atoms with Gasteiger partial charge in [-0.2, -0.15) is 0 Å². The van der Waals surface area contributed by atoms with Gasteiger partial charge in [-0.3, -0.25) is 4.79 Å². The molecule has 0 radical (unpaired) electrons. The second-order valence-corrected chi connectivity index (χ2v) is 9.08. The van der Waals surface area contributed by atoms with Crippen LogP contribution in [0.5, 0.6) is 0 Å². The molecule has 2 rings (SSSR count). The van der Waals surface area contributed by atoms with Gasteiger partial charge in [0.25, 0.3) is 5.91 Å². The number of hydrogen-bond donors (Lipinski definition) is 1. The molecule has 1 N–H and O–H groups in total. The van der Waals surface area contributed by atoms with Gasteiger partial charge in [-0.15, -0.1) is 0 Å². The highest BCUT2D eigenvalue weighted by Crippen LogP contribution is 2.16. The second-order valence-electron chi connectivity index (χ2n) is 5.05. The Morgan fingerprint density at radius 1 is 0.826 bits per heavy atom. The van der Waals surface area contributed by atoms with Crippen molar-refractivity contribution in [3.8, 4) is 0 Å². The van der Waals surface area contributed by atoms with Crippen LogP contribution in [0.15, 0.2) is 58.3 Å². The molecule has 8 heteroatoms. The van der Waals surface area contributed by atoms with Gasteiger partial charge < -0.3 is 5.32 Å². The molecule has 0 bridgehead atoms. The molecule has 2 aromatic rings. The average Bonchev–Trinajstić information content (AvgIpc) is 2.46. The van der Waals surface area contributed by atoms with E-state index in [9.17, 15) is 21.6 Å². The molecule has 0 atom stereocenters. The van der Waals surface area contributed by atoms with Crippen molar-refractivity contribution in [2.24, 2.45) is 0 Å². The highest BCUT2D eigenvalue weighted by molar-refractivity contribution is 7.91. The lowest BCUT2D eigenvalue weighted by Crippen LogP contribution is -2.12. The van der Waals surface area contributed by atoms with Crippen molar-refractivity contribution in [3.05, 3.63) is 54.1 Å². The standard InChI is InChI=1S/C15H15NO5S2/c1-22(18,19)13-8-6-12(7-9-13)16-15(17)11-4-3-5-14(10-11)23(2,20)21/h3-10H,1-2H3,(H,16,17). The van der Waals surface area contributed by atoms with Gasteiger partial charge in [0.1, 0.15) is 0 Å². The van der Waals surface area contributed by atoms with E-state index in [1.807, 2.05) is 0 Å². The predicted octanol–water partition coefficient (Wildman–Crippen LogP) is 1.75. The minimum absolute atomic E-state index is 0.0533. The molecule has 0 aliphatic carbocycles. The number of hydrogen-bond acceptors (Lipinski definition) is 5. The molecule has 0 saturated heterocycles. The van der Waals surface area contributed by atoms with Crippen molar-refractivity contribution in [1.29, 1.82) is 0 Å². The molecule has 0 aliphatic heterocycles. The zero-order chi connectivity index (χ0) is 17.3. The molecule has 0 spiro atoms. The number of rotatable bonds is 4. The van der Waals surface area contributed by atoms with Crippen LogP contribution >= 0.6 is 0 Å². The summed E-state index contributed by atoms with van der Waals surface area (Å²) in [6.45, 7) is 0. The summed E-state index contributed by atoms with van der Waals surface area (Å²) >= 11 is 0. The Morgan fingerprint density at radius 2 is 1.39 bits per heavy atom. The normalized spacial score (nSPS) is 11.9. The summed E-state index contributed by atoms with van der Waals surface area (Å²) in [6.07, 6.45) is 2.16. The molecule has 0 unspecified atom stereocenters. The Morgan fingerprint density at radius 3 is 1.91 bits per heavy atom. The van der Waals surface area contributed by atoms with Gasteiger partial charge in [0, 0.05) is 23.8 Å². The van der Waals surface area contributed by atoms with Gasteiger partial charge in [-0.05, 0) is 42.5 Å².